The minimum absolute atomic E-state index is 0.0459. The minimum atomic E-state index is -2.98. The van der Waals surface area contributed by atoms with Crippen LogP contribution in [0.2, 0.25) is 0 Å². The maximum atomic E-state index is 12.2. The van der Waals surface area contributed by atoms with Crippen LogP contribution in [0.25, 0.3) is 10.2 Å². The van der Waals surface area contributed by atoms with Crippen LogP contribution in [0, 0.1) is 6.92 Å². The summed E-state index contributed by atoms with van der Waals surface area (Å²) >= 11 is 1.38. The Kier molecular flexibility index (Phi) is 3.09. The summed E-state index contributed by atoms with van der Waals surface area (Å²) in [7, 11) is -1.13. The van der Waals surface area contributed by atoms with E-state index in [2.05, 4.69) is 10.4 Å². The van der Waals surface area contributed by atoms with E-state index in [9.17, 15) is 13.2 Å². The molecule has 0 radical (unpaired) electrons. The van der Waals surface area contributed by atoms with Crippen molar-refractivity contribution in [3.8, 4) is 0 Å². The lowest BCUT2D eigenvalue weighted by atomic mass is 10.2. The van der Waals surface area contributed by atoms with Gasteiger partial charge in [0.1, 0.15) is 4.83 Å². The van der Waals surface area contributed by atoms with Gasteiger partial charge in [-0.05, 0) is 19.4 Å². The molecule has 2 aromatic rings. The first kappa shape index (κ1) is 13.6. The van der Waals surface area contributed by atoms with Crippen LogP contribution in [0.4, 0.5) is 0 Å². The molecule has 1 aliphatic rings. The number of sulfone groups is 1. The standard InChI is InChI=1S/C12H15N3O3S2/c1-7-9-5-10(19-12(9)15(2)14-7)11(16)13-8-3-4-20(17,18)6-8/h5,8H,3-4,6H2,1-2H3,(H,13,16). The normalized spacial score (nSPS) is 21.4. The maximum Gasteiger partial charge on any atom is 0.261 e. The molecule has 1 saturated heterocycles. The number of rotatable bonds is 2. The van der Waals surface area contributed by atoms with E-state index < -0.39 is 9.84 Å². The van der Waals surface area contributed by atoms with E-state index in [0.29, 0.717) is 11.3 Å². The number of nitrogens with zero attached hydrogens (tertiary/aromatic N) is 2. The van der Waals surface area contributed by atoms with E-state index in [1.54, 1.807) is 4.68 Å². The number of aryl methyl sites for hydroxylation is 2. The second-order valence-corrected chi connectivity index (χ2v) is 8.37. The van der Waals surface area contributed by atoms with Gasteiger partial charge in [-0.25, -0.2) is 8.42 Å². The molecule has 0 spiro atoms. The van der Waals surface area contributed by atoms with Crippen molar-refractivity contribution >= 4 is 37.3 Å². The molecule has 1 N–H and O–H groups in total. The van der Waals surface area contributed by atoms with Gasteiger partial charge in [-0.2, -0.15) is 5.10 Å². The van der Waals surface area contributed by atoms with Gasteiger partial charge in [0.05, 0.1) is 22.1 Å². The molecule has 8 heteroatoms. The van der Waals surface area contributed by atoms with Crippen LogP contribution >= 0.6 is 11.3 Å². The predicted molar refractivity (Wildman–Crippen MR) is 77.9 cm³/mol. The number of hydrogen-bond acceptors (Lipinski definition) is 5. The predicted octanol–water partition coefficient (Wildman–Crippen LogP) is 0.860. The number of nitrogens with one attached hydrogen (secondary N) is 1. The van der Waals surface area contributed by atoms with Gasteiger partial charge in [0.2, 0.25) is 0 Å². The first-order chi connectivity index (χ1) is 9.35. The molecule has 6 nitrogen and oxygen atoms in total. The Morgan fingerprint density at radius 3 is 2.90 bits per heavy atom. The van der Waals surface area contributed by atoms with Gasteiger partial charge in [0, 0.05) is 18.5 Å². The lowest BCUT2D eigenvalue weighted by Gasteiger charge is -2.09. The summed E-state index contributed by atoms with van der Waals surface area (Å²) < 4.78 is 24.5. The highest BCUT2D eigenvalue weighted by Crippen LogP contribution is 2.27. The molecule has 3 rings (SSSR count). The lowest BCUT2D eigenvalue weighted by Crippen LogP contribution is -2.35. The number of aromatic nitrogens is 2. The van der Waals surface area contributed by atoms with E-state index in [1.807, 2.05) is 20.0 Å². The fraction of sp³-hybridized carbons (Fsp3) is 0.500. The summed E-state index contributed by atoms with van der Waals surface area (Å²) in [5.41, 5.74) is 0.890. The third-order valence-corrected chi connectivity index (χ3v) is 6.46. The first-order valence-corrected chi connectivity index (χ1v) is 8.94. The highest BCUT2D eigenvalue weighted by Gasteiger charge is 2.29. The first-order valence-electron chi connectivity index (χ1n) is 6.30. The lowest BCUT2D eigenvalue weighted by molar-refractivity contribution is 0.0945. The Hall–Kier alpha value is -1.41. The molecule has 2 aromatic heterocycles. The molecule has 0 bridgehead atoms. The van der Waals surface area contributed by atoms with E-state index in [0.717, 1.165) is 15.9 Å². The van der Waals surface area contributed by atoms with Crippen molar-refractivity contribution in [1.82, 2.24) is 15.1 Å². The summed E-state index contributed by atoms with van der Waals surface area (Å²) in [6.07, 6.45) is 0.500. The molecule has 1 atom stereocenters. The monoisotopic (exact) mass is 313 g/mol. The highest BCUT2D eigenvalue weighted by molar-refractivity contribution is 7.91. The summed E-state index contributed by atoms with van der Waals surface area (Å²) in [5.74, 6) is 0.00476. The summed E-state index contributed by atoms with van der Waals surface area (Å²) in [4.78, 5) is 13.7. The molecule has 108 valence electrons. The van der Waals surface area contributed by atoms with Crippen LogP contribution in [0.15, 0.2) is 6.07 Å². The van der Waals surface area contributed by atoms with E-state index in [1.165, 1.54) is 11.3 Å². The largest absolute Gasteiger partial charge is 0.348 e. The van der Waals surface area contributed by atoms with Gasteiger partial charge >= 0.3 is 0 Å². The van der Waals surface area contributed by atoms with Crippen molar-refractivity contribution in [2.45, 2.75) is 19.4 Å². The third-order valence-electron chi connectivity index (χ3n) is 3.49. The van der Waals surface area contributed by atoms with Crippen LogP contribution in [0.5, 0.6) is 0 Å². The molecule has 1 fully saturated rings. The Labute approximate surface area is 120 Å². The molecule has 1 unspecified atom stereocenters. The average molecular weight is 313 g/mol. The molecular formula is C12H15N3O3S2. The van der Waals surface area contributed by atoms with Gasteiger partial charge < -0.3 is 5.32 Å². The second-order valence-electron chi connectivity index (χ2n) is 5.11. The van der Waals surface area contributed by atoms with Crippen LogP contribution in [-0.4, -0.2) is 41.7 Å². The zero-order valence-corrected chi connectivity index (χ0v) is 12.8. The molecule has 20 heavy (non-hydrogen) atoms. The van der Waals surface area contributed by atoms with Crippen molar-refractivity contribution in [3.05, 3.63) is 16.6 Å². The Bertz CT molecular complexity index is 754. The Balaban J connectivity index is 1.81. The molecule has 3 heterocycles. The molecule has 0 aliphatic carbocycles. The zero-order valence-electron chi connectivity index (χ0n) is 11.2. The quantitative estimate of drug-likeness (QED) is 0.891. The number of hydrogen-bond donors (Lipinski definition) is 1. The van der Waals surface area contributed by atoms with Gasteiger partial charge in [-0.1, -0.05) is 0 Å². The van der Waals surface area contributed by atoms with E-state index >= 15 is 0 Å². The molecule has 1 aliphatic heterocycles. The SMILES string of the molecule is Cc1nn(C)c2sc(C(=O)NC3CCS(=O)(=O)C3)cc12. The number of thiophene rings is 1. The highest BCUT2D eigenvalue weighted by atomic mass is 32.2. The average Bonchev–Trinajstić information content (AvgIpc) is 2.98. The third kappa shape index (κ3) is 2.33. The van der Waals surface area contributed by atoms with Gasteiger partial charge in [0.15, 0.2) is 9.84 Å². The van der Waals surface area contributed by atoms with Gasteiger partial charge in [-0.15, -0.1) is 11.3 Å². The van der Waals surface area contributed by atoms with Crippen molar-refractivity contribution < 1.29 is 13.2 Å². The number of amides is 1. The zero-order chi connectivity index (χ0) is 14.5. The summed E-state index contributed by atoms with van der Waals surface area (Å²) in [5, 5.41) is 8.07. The van der Waals surface area contributed by atoms with Crippen LogP contribution in [0.3, 0.4) is 0 Å². The Morgan fingerprint density at radius 1 is 1.55 bits per heavy atom. The van der Waals surface area contributed by atoms with Crippen molar-refractivity contribution in [3.63, 3.8) is 0 Å². The fourth-order valence-electron chi connectivity index (χ4n) is 2.48. The van der Waals surface area contributed by atoms with E-state index in [4.69, 9.17) is 0 Å². The molecule has 0 aromatic carbocycles. The Morgan fingerprint density at radius 2 is 2.30 bits per heavy atom. The summed E-state index contributed by atoms with van der Waals surface area (Å²) in [6, 6.07) is 1.55. The fourth-order valence-corrected chi connectivity index (χ4v) is 5.18. The second kappa shape index (κ2) is 4.56. The van der Waals surface area contributed by atoms with Crippen molar-refractivity contribution in [1.29, 1.82) is 0 Å². The molecule has 1 amide bonds. The topological polar surface area (TPSA) is 81.1 Å². The van der Waals surface area contributed by atoms with Crippen LogP contribution in [0.1, 0.15) is 21.8 Å². The van der Waals surface area contributed by atoms with E-state index in [-0.39, 0.29) is 23.5 Å². The number of fused-ring (bicyclic) bond motifs is 1. The summed E-state index contributed by atoms with van der Waals surface area (Å²) in [6.45, 7) is 1.90. The maximum absolute atomic E-state index is 12.2. The van der Waals surface area contributed by atoms with Gasteiger partial charge in [-0.3, -0.25) is 9.48 Å². The molecule has 0 saturated carbocycles. The minimum Gasteiger partial charge on any atom is -0.348 e. The van der Waals surface area contributed by atoms with Crippen LogP contribution in [-0.2, 0) is 16.9 Å². The molecular weight excluding hydrogens is 298 g/mol. The smallest absolute Gasteiger partial charge is 0.261 e. The van der Waals surface area contributed by atoms with Crippen LogP contribution < -0.4 is 5.32 Å². The number of carbonyl (C=O) groups excluding carboxylic acids is 1. The number of carbonyl (C=O) groups is 1. The van der Waals surface area contributed by atoms with Gasteiger partial charge in [0.25, 0.3) is 5.91 Å². The van der Waals surface area contributed by atoms with Crippen molar-refractivity contribution in [2.24, 2.45) is 7.05 Å². The van der Waals surface area contributed by atoms with Crippen molar-refractivity contribution in [2.75, 3.05) is 11.5 Å².